The highest BCUT2D eigenvalue weighted by Gasteiger charge is 2.40. The monoisotopic (exact) mass is 304 g/mol. The average Bonchev–Trinajstić information content (AvgIpc) is 2.96. The third kappa shape index (κ3) is 2.89. The summed E-state index contributed by atoms with van der Waals surface area (Å²) in [6.07, 6.45) is 6.41. The zero-order valence-corrected chi connectivity index (χ0v) is 13.0. The van der Waals surface area contributed by atoms with Crippen molar-refractivity contribution in [1.82, 2.24) is 5.32 Å². The maximum atomic E-state index is 13.1. The first-order chi connectivity index (χ1) is 10.6. The second kappa shape index (κ2) is 6.37. The Hall–Kier alpha value is -1.42. The molecule has 3 N–H and O–H groups in total. The Morgan fingerprint density at radius 3 is 2.55 bits per heavy atom. The predicted octanol–water partition coefficient (Wildman–Crippen LogP) is 2.74. The molecule has 4 heteroatoms. The van der Waals surface area contributed by atoms with Gasteiger partial charge in [0.2, 0.25) is 5.91 Å². The van der Waals surface area contributed by atoms with Crippen LogP contribution in [0.2, 0.25) is 0 Å². The Bertz CT molecular complexity index is 524. The van der Waals surface area contributed by atoms with Crippen LogP contribution in [0, 0.1) is 17.7 Å². The number of nitrogens with one attached hydrogen (secondary N) is 1. The van der Waals surface area contributed by atoms with E-state index >= 15 is 0 Å². The van der Waals surface area contributed by atoms with Crippen LogP contribution in [0.3, 0.4) is 0 Å². The molecule has 0 aromatic heterocycles. The van der Waals surface area contributed by atoms with E-state index in [9.17, 15) is 9.18 Å². The fourth-order valence-electron chi connectivity index (χ4n) is 4.03. The Morgan fingerprint density at radius 2 is 1.95 bits per heavy atom. The summed E-state index contributed by atoms with van der Waals surface area (Å²) in [5.74, 6) is 0.360. The SMILES string of the molecule is NC[C@H]1CCC[C@H]1C(=O)NCC1(c2ccc(F)cc2)CCC1. The van der Waals surface area contributed by atoms with Gasteiger partial charge in [-0.15, -0.1) is 0 Å². The number of rotatable bonds is 5. The third-order valence-electron chi connectivity index (χ3n) is 5.67. The standard InChI is InChI=1S/C18H25FN2O/c19-15-7-5-14(6-8-15)18(9-2-10-18)12-21-17(22)16-4-1-3-13(16)11-20/h5-8,13,16H,1-4,9-12,20H2,(H,21,22)/t13-,16-/m1/s1. The van der Waals surface area contributed by atoms with Gasteiger partial charge in [0.1, 0.15) is 5.82 Å². The zero-order chi connectivity index (χ0) is 15.6. The predicted molar refractivity (Wildman–Crippen MR) is 84.8 cm³/mol. The summed E-state index contributed by atoms with van der Waals surface area (Å²) in [6.45, 7) is 1.26. The first kappa shape index (κ1) is 15.5. The lowest BCUT2D eigenvalue weighted by Crippen LogP contribution is -2.47. The van der Waals surface area contributed by atoms with Gasteiger partial charge in [-0.1, -0.05) is 25.0 Å². The molecule has 1 aromatic rings. The lowest BCUT2D eigenvalue weighted by atomic mass is 9.64. The number of halogens is 1. The second-order valence-electron chi connectivity index (χ2n) is 6.89. The number of nitrogens with two attached hydrogens (primary N) is 1. The molecule has 2 fully saturated rings. The number of benzene rings is 1. The van der Waals surface area contributed by atoms with E-state index in [0.717, 1.165) is 37.7 Å². The van der Waals surface area contributed by atoms with Gasteiger partial charge in [0.25, 0.3) is 0 Å². The minimum atomic E-state index is -0.209. The molecule has 1 aromatic carbocycles. The molecule has 0 spiro atoms. The van der Waals surface area contributed by atoms with Gasteiger partial charge >= 0.3 is 0 Å². The molecule has 1 amide bonds. The normalized spacial score (nSPS) is 26.5. The summed E-state index contributed by atoms with van der Waals surface area (Å²) in [5.41, 5.74) is 6.91. The van der Waals surface area contributed by atoms with E-state index in [1.54, 1.807) is 0 Å². The molecule has 2 saturated carbocycles. The van der Waals surface area contributed by atoms with E-state index in [4.69, 9.17) is 5.73 Å². The highest BCUT2D eigenvalue weighted by molar-refractivity contribution is 5.79. The first-order valence-electron chi connectivity index (χ1n) is 8.38. The Morgan fingerprint density at radius 1 is 1.23 bits per heavy atom. The summed E-state index contributed by atoms with van der Waals surface area (Å²) in [4.78, 5) is 12.5. The molecule has 2 atom stereocenters. The van der Waals surface area contributed by atoms with Crippen LogP contribution in [0.15, 0.2) is 24.3 Å². The van der Waals surface area contributed by atoms with Crippen molar-refractivity contribution in [2.45, 2.75) is 43.9 Å². The van der Waals surface area contributed by atoms with Crippen LogP contribution in [-0.2, 0) is 10.2 Å². The molecular weight excluding hydrogens is 279 g/mol. The van der Waals surface area contributed by atoms with Crippen LogP contribution in [0.4, 0.5) is 4.39 Å². The number of carbonyl (C=O) groups excluding carboxylic acids is 1. The van der Waals surface area contributed by atoms with Crippen molar-refractivity contribution in [3.8, 4) is 0 Å². The Labute approximate surface area is 131 Å². The molecule has 2 aliphatic rings. The highest BCUT2D eigenvalue weighted by atomic mass is 19.1. The van der Waals surface area contributed by atoms with Gasteiger partial charge in [0.15, 0.2) is 0 Å². The molecule has 2 aliphatic carbocycles. The van der Waals surface area contributed by atoms with Crippen molar-refractivity contribution < 1.29 is 9.18 Å². The van der Waals surface area contributed by atoms with Crippen molar-refractivity contribution in [3.05, 3.63) is 35.6 Å². The number of amides is 1. The van der Waals surface area contributed by atoms with Crippen LogP contribution in [-0.4, -0.2) is 19.0 Å². The van der Waals surface area contributed by atoms with Gasteiger partial charge in [0.05, 0.1) is 0 Å². The van der Waals surface area contributed by atoms with Crippen LogP contribution >= 0.6 is 0 Å². The molecule has 0 bridgehead atoms. The van der Waals surface area contributed by atoms with Crippen molar-refractivity contribution in [1.29, 1.82) is 0 Å². The number of hydrogen-bond acceptors (Lipinski definition) is 2. The lowest BCUT2D eigenvalue weighted by Gasteiger charge is -2.43. The number of carbonyl (C=O) groups is 1. The van der Waals surface area contributed by atoms with Crippen LogP contribution in [0.5, 0.6) is 0 Å². The largest absolute Gasteiger partial charge is 0.355 e. The summed E-state index contributed by atoms with van der Waals surface area (Å²) in [5, 5.41) is 3.16. The fraction of sp³-hybridized carbons (Fsp3) is 0.611. The smallest absolute Gasteiger partial charge is 0.223 e. The molecule has 22 heavy (non-hydrogen) atoms. The van der Waals surface area contributed by atoms with Crippen LogP contribution in [0.1, 0.15) is 44.1 Å². The van der Waals surface area contributed by atoms with Crippen molar-refractivity contribution in [2.24, 2.45) is 17.6 Å². The molecule has 120 valence electrons. The first-order valence-corrected chi connectivity index (χ1v) is 8.38. The molecule has 0 unspecified atom stereocenters. The minimum absolute atomic E-state index is 0.000174. The third-order valence-corrected chi connectivity index (χ3v) is 5.67. The maximum absolute atomic E-state index is 13.1. The van der Waals surface area contributed by atoms with E-state index < -0.39 is 0 Å². The number of hydrogen-bond donors (Lipinski definition) is 2. The van der Waals surface area contributed by atoms with Gasteiger partial charge in [-0.25, -0.2) is 4.39 Å². The van der Waals surface area contributed by atoms with Gasteiger partial charge in [-0.05, 0) is 55.8 Å². The summed E-state index contributed by atoms with van der Waals surface area (Å²) >= 11 is 0. The van der Waals surface area contributed by atoms with Gasteiger partial charge in [-0.3, -0.25) is 4.79 Å². The Balaban J connectivity index is 1.63. The second-order valence-corrected chi connectivity index (χ2v) is 6.89. The zero-order valence-electron chi connectivity index (χ0n) is 13.0. The van der Waals surface area contributed by atoms with Crippen molar-refractivity contribution in [3.63, 3.8) is 0 Å². The van der Waals surface area contributed by atoms with Crippen molar-refractivity contribution >= 4 is 5.91 Å². The minimum Gasteiger partial charge on any atom is -0.355 e. The fourth-order valence-corrected chi connectivity index (χ4v) is 4.03. The molecule has 3 nitrogen and oxygen atoms in total. The van der Waals surface area contributed by atoms with Gasteiger partial charge in [-0.2, -0.15) is 0 Å². The summed E-state index contributed by atoms with van der Waals surface area (Å²) in [6, 6.07) is 6.75. The molecular formula is C18H25FN2O. The van der Waals surface area contributed by atoms with E-state index in [1.807, 2.05) is 12.1 Å². The van der Waals surface area contributed by atoms with Gasteiger partial charge in [0, 0.05) is 17.9 Å². The topological polar surface area (TPSA) is 55.1 Å². The average molecular weight is 304 g/mol. The summed E-state index contributed by atoms with van der Waals surface area (Å²) in [7, 11) is 0. The molecule has 3 rings (SSSR count). The van der Waals surface area contributed by atoms with E-state index in [0.29, 0.717) is 19.0 Å². The van der Waals surface area contributed by atoms with Gasteiger partial charge < -0.3 is 11.1 Å². The highest BCUT2D eigenvalue weighted by Crippen LogP contribution is 2.43. The lowest BCUT2D eigenvalue weighted by molar-refractivity contribution is -0.126. The van der Waals surface area contributed by atoms with Crippen molar-refractivity contribution in [2.75, 3.05) is 13.1 Å². The van der Waals surface area contributed by atoms with E-state index in [1.165, 1.54) is 18.6 Å². The van der Waals surface area contributed by atoms with E-state index in [-0.39, 0.29) is 23.1 Å². The van der Waals surface area contributed by atoms with E-state index in [2.05, 4.69) is 5.32 Å². The van der Waals surface area contributed by atoms with Crippen LogP contribution < -0.4 is 11.1 Å². The molecule has 0 aliphatic heterocycles. The Kier molecular flexibility index (Phi) is 4.48. The summed E-state index contributed by atoms with van der Waals surface area (Å²) < 4.78 is 13.1. The van der Waals surface area contributed by atoms with Crippen LogP contribution in [0.25, 0.3) is 0 Å². The molecule has 0 saturated heterocycles. The maximum Gasteiger partial charge on any atom is 0.223 e. The molecule has 0 heterocycles. The molecule has 0 radical (unpaired) electrons. The quantitative estimate of drug-likeness (QED) is 0.879.